The maximum absolute atomic E-state index is 11.6. The monoisotopic (exact) mass is 264 g/mol. The molecule has 4 nitrogen and oxygen atoms in total. The highest BCUT2D eigenvalue weighted by atomic mass is 35.5. The van der Waals surface area contributed by atoms with Crippen LogP contribution in [-0.2, 0) is 9.53 Å². The van der Waals surface area contributed by atoms with E-state index in [1.165, 1.54) is 0 Å². The Morgan fingerprint density at radius 3 is 2.53 bits per heavy atom. The van der Waals surface area contributed by atoms with Gasteiger partial charge >= 0.3 is 0 Å². The molecule has 0 aromatic rings. The van der Waals surface area contributed by atoms with E-state index < -0.39 is 0 Å². The van der Waals surface area contributed by atoms with Crippen molar-refractivity contribution in [2.24, 2.45) is 17.6 Å². The molecule has 1 aliphatic rings. The molecule has 0 saturated carbocycles. The lowest BCUT2D eigenvalue weighted by Gasteiger charge is -2.22. The molecule has 3 N–H and O–H groups in total. The first kappa shape index (κ1) is 16.7. The summed E-state index contributed by atoms with van der Waals surface area (Å²) in [5.74, 6) is 0.870. The highest BCUT2D eigenvalue weighted by molar-refractivity contribution is 5.85. The number of nitrogens with one attached hydrogen (secondary N) is 1. The number of rotatable bonds is 5. The maximum Gasteiger partial charge on any atom is 0.237 e. The Morgan fingerprint density at radius 2 is 2.00 bits per heavy atom. The third-order valence-corrected chi connectivity index (χ3v) is 3.21. The van der Waals surface area contributed by atoms with Crippen LogP contribution in [0.3, 0.4) is 0 Å². The van der Waals surface area contributed by atoms with Gasteiger partial charge in [-0.15, -0.1) is 12.4 Å². The molecule has 1 fully saturated rings. The molecule has 0 radical (unpaired) electrons. The SMILES string of the molecule is CC(C)[C@@H](N)C(=O)NCCC1CCOCC1.Cl. The van der Waals surface area contributed by atoms with Gasteiger partial charge in [0.1, 0.15) is 0 Å². The van der Waals surface area contributed by atoms with Gasteiger partial charge in [0.2, 0.25) is 5.91 Å². The van der Waals surface area contributed by atoms with E-state index in [9.17, 15) is 4.79 Å². The molecule has 1 saturated heterocycles. The lowest BCUT2D eigenvalue weighted by molar-refractivity contribution is -0.123. The van der Waals surface area contributed by atoms with Crippen molar-refractivity contribution < 1.29 is 9.53 Å². The van der Waals surface area contributed by atoms with Crippen molar-refractivity contribution in [2.75, 3.05) is 19.8 Å². The van der Waals surface area contributed by atoms with Gasteiger partial charge in [-0.05, 0) is 31.1 Å². The quantitative estimate of drug-likeness (QED) is 0.787. The number of hydrogen-bond acceptors (Lipinski definition) is 3. The molecule has 0 aliphatic carbocycles. The van der Waals surface area contributed by atoms with Crippen LogP contribution in [0.5, 0.6) is 0 Å². The van der Waals surface area contributed by atoms with Gasteiger partial charge in [0, 0.05) is 19.8 Å². The average Bonchev–Trinajstić information content (AvgIpc) is 2.29. The lowest BCUT2D eigenvalue weighted by atomic mass is 9.96. The van der Waals surface area contributed by atoms with Crippen molar-refractivity contribution in [3.63, 3.8) is 0 Å². The Labute approximate surface area is 110 Å². The molecule has 1 rings (SSSR count). The third kappa shape index (κ3) is 6.24. The number of halogens is 1. The van der Waals surface area contributed by atoms with E-state index in [2.05, 4.69) is 5.32 Å². The van der Waals surface area contributed by atoms with Crippen LogP contribution in [0.2, 0.25) is 0 Å². The predicted molar refractivity (Wildman–Crippen MR) is 71.2 cm³/mol. The number of ether oxygens (including phenoxy) is 1. The maximum atomic E-state index is 11.6. The summed E-state index contributed by atoms with van der Waals surface area (Å²) in [5.41, 5.74) is 5.75. The van der Waals surface area contributed by atoms with Gasteiger partial charge in [0.15, 0.2) is 0 Å². The normalized spacial score (nSPS) is 18.6. The third-order valence-electron chi connectivity index (χ3n) is 3.21. The van der Waals surface area contributed by atoms with Crippen LogP contribution < -0.4 is 11.1 Å². The Kier molecular flexibility index (Phi) is 8.56. The minimum absolute atomic E-state index is 0. The smallest absolute Gasteiger partial charge is 0.237 e. The summed E-state index contributed by atoms with van der Waals surface area (Å²) < 4.78 is 5.29. The zero-order valence-electron chi connectivity index (χ0n) is 10.8. The van der Waals surface area contributed by atoms with Gasteiger partial charge in [-0.25, -0.2) is 0 Å². The Balaban J connectivity index is 0.00000256. The molecule has 0 unspecified atom stereocenters. The van der Waals surface area contributed by atoms with E-state index in [-0.39, 0.29) is 30.3 Å². The van der Waals surface area contributed by atoms with Crippen molar-refractivity contribution in [2.45, 2.75) is 39.2 Å². The molecule has 1 heterocycles. The fourth-order valence-corrected chi connectivity index (χ4v) is 1.86. The van der Waals surface area contributed by atoms with Gasteiger partial charge in [-0.3, -0.25) is 4.79 Å². The molecule has 1 atom stereocenters. The Bertz CT molecular complexity index is 219. The molecule has 0 aromatic heterocycles. The minimum Gasteiger partial charge on any atom is -0.381 e. The van der Waals surface area contributed by atoms with Crippen LogP contribution in [0.15, 0.2) is 0 Å². The van der Waals surface area contributed by atoms with Crippen LogP contribution >= 0.6 is 12.4 Å². The molecular weight excluding hydrogens is 240 g/mol. The number of hydrogen-bond donors (Lipinski definition) is 2. The summed E-state index contributed by atoms with van der Waals surface area (Å²) in [5, 5.41) is 2.91. The fraction of sp³-hybridized carbons (Fsp3) is 0.917. The Morgan fingerprint density at radius 1 is 1.41 bits per heavy atom. The van der Waals surface area contributed by atoms with Crippen LogP contribution in [0, 0.1) is 11.8 Å². The van der Waals surface area contributed by atoms with Gasteiger partial charge in [-0.1, -0.05) is 13.8 Å². The number of carbonyl (C=O) groups excluding carboxylic acids is 1. The molecule has 17 heavy (non-hydrogen) atoms. The summed E-state index contributed by atoms with van der Waals surface area (Å²) in [6.45, 7) is 6.39. The minimum atomic E-state index is -0.380. The lowest BCUT2D eigenvalue weighted by Crippen LogP contribution is -2.44. The van der Waals surface area contributed by atoms with E-state index in [0.717, 1.165) is 39.0 Å². The van der Waals surface area contributed by atoms with E-state index in [4.69, 9.17) is 10.5 Å². The van der Waals surface area contributed by atoms with E-state index in [1.54, 1.807) is 0 Å². The van der Waals surface area contributed by atoms with Crippen LogP contribution in [-0.4, -0.2) is 31.7 Å². The first-order valence-electron chi connectivity index (χ1n) is 6.22. The number of nitrogens with two attached hydrogens (primary N) is 1. The van der Waals surface area contributed by atoms with Gasteiger partial charge in [0.05, 0.1) is 6.04 Å². The molecule has 1 aliphatic heterocycles. The molecular formula is C12H25ClN2O2. The summed E-state index contributed by atoms with van der Waals surface area (Å²) in [7, 11) is 0. The second-order valence-electron chi connectivity index (χ2n) is 4.91. The standard InChI is InChI=1S/C12H24N2O2.ClH/c1-9(2)11(13)12(15)14-6-3-10-4-7-16-8-5-10;/h9-11H,3-8,13H2,1-2H3,(H,14,15);1H/t11-;/m1./s1. The van der Waals surface area contributed by atoms with Gasteiger partial charge in [0.25, 0.3) is 0 Å². The van der Waals surface area contributed by atoms with Crippen molar-refractivity contribution in [3.05, 3.63) is 0 Å². The number of amides is 1. The zero-order chi connectivity index (χ0) is 12.0. The molecule has 5 heteroatoms. The molecule has 0 aromatic carbocycles. The van der Waals surface area contributed by atoms with Crippen molar-refractivity contribution >= 4 is 18.3 Å². The Hall–Kier alpha value is -0.320. The summed E-state index contributed by atoms with van der Waals surface area (Å²) in [4.78, 5) is 11.6. The zero-order valence-corrected chi connectivity index (χ0v) is 11.6. The van der Waals surface area contributed by atoms with Crippen molar-refractivity contribution in [1.29, 1.82) is 0 Å². The summed E-state index contributed by atoms with van der Waals surface area (Å²) in [6.07, 6.45) is 3.28. The highest BCUT2D eigenvalue weighted by Gasteiger charge is 2.18. The molecule has 0 bridgehead atoms. The number of carbonyl (C=O) groups is 1. The highest BCUT2D eigenvalue weighted by Crippen LogP contribution is 2.17. The topological polar surface area (TPSA) is 64.4 Å². The van der Waals surface area contributed by atoms with Crippen molar-refractivity contribution in [3.8, 4) is 0 Å². The summed E-state index contributed by atoms with van der Waals surface area (Å²) >= 11 is 0. The second-order valence-corrected chi connectivity index (χ2v) is 4.91. The fourth-order valence-electron chi connectivity index (χ4n) is 1.86. The first-order chi connectivity index (χ1) is 7.61. The van der Waals surface area contributed by atoms with E-state index in [0.29, 0.717) is 5.92 Å². The van der Waals surface area contributed by atoms with Gasteiger partial charge in [-0.2, -0.15) is 0 Å². The molecule has 0 spiro atoms. The van der Waals surface area contributed by atoms with E-state index in [1.807, 2.05) is 13.8 Å². The van der Waals surface area contributed by atoms with Crippen LogP contribution in [0.25, 0.3) is 0 Å². The molecule has 1 amide bonds. The van der Waals surface area contributed by atoms with Crippen LogP contribution in [0.1, 0.15) is 33.1 Å². The van der Waals surface area contributed by atoms with Gasteiger partial charge < -0.3 is 15.8 Å². The summed E-state index contributed by atoms with van der Waals surface area (Å²) in [6, 6.07) is -0.380. The second kappa shape index (κ2) is 8.72. The first-order valence-corrected chi connectivity index (χ1v) is 6.22. The van der Waals surface area contributed by atoms with Crippen LogP contribution in [0.4, 0.5) is 0 Å². The predicted octanol–water partition coefficient (Wildman–Crippen LogP) is 1.32. The van der Waals surface area contributed by atoms with Crippen molar-refractivity contribution in [1.82, 2.24) is 5.32 Å². The molecule has 102 valence electrons. The average molecular weight is 265 g/mol. The van der Waals surface area contributed by atoms with E-state index >= 15 is 0 Å². The largest absolute Gasteiger partial charge is 0.381 e.